The lowest BCUT2D eigenvalue weighted by atomic mass is 9.91. The molecule has 26 heteroatoms. The van der Waals surface area contributed by atoms with Crippen molar-refractivity contribution in [1.82, 2.24) is 98.3 Å². The zero-order valence-corrected chi connectivity index (χ0v) is 74.1. The van der Waals surface area contributed by atoms with Crippen LogP contribution < -0.4 is 79.2 Å². The predicted molar refractivity (Wildman–Crippen MR) is 486 cm³/mol. The fraction of sp³-hybridized carbons (Fsp3) is 0.742. The van der Waals surface area contributed by atoms with Crippen molar-refractivity contribution >= 4 is 23.3 Å². The van der Waals surface area contributed by atoms with Gasteiger partial charge in [0.1, 0.15) is 17.2 Å². The highest BCUT2D eigenvalue weighted by atomic mass is 16.6. The Morgan fingerprint density at radius 2 is 0.913 bits per heavy atom. The molecule has 0 bridgehead atoms. The molecule has 2 aromatic carbocycles. The molecule has 0 atom stereocenters. The molecule has 11 aliphatic heterocycles. The van der Waals surface area contributed by atoms with Gasteiger partial charge in [-0.2, -0.15) is 0 Å². The van der Waals surface area contributed by atoms with Crippen LogP contribution in [0.4, 0.5) is 22.0 Å². The van der Waals surface area contributed by atoms with Crippen LogP contribution in [-0.2, 0) is 4.74 Å². The number of nitrogens with one attached hydrogen (secondary N) is 9. The highest BCUT2D eigenvalue weighted by molar-refractivity contribution is 5.68. The van der Waals surface area contributed by atoms with Crippen LogP contribution in [0, 0.1) is 0 Å². The molecule has 1 amide bonds. The van der Waals surface area contributed by atoms with Crippen molar-refractivity contribution < 1.29 is 14.3 Å². The van der Waals surface area contributed by atoms with Crippen LogP contribution in [-0.4, -0.2) is 358 Å². The molecule has 656 valence electrons. The zero-order chi connectivity index (χ0) is 81.3. The van der Waals surface area contributed by atoms with Crippen LogP contribution in [0.5, 0.6) is 5.75 Å². The van der Waals surface area contributed by atoms with Gasteiger partial charge in [0.25, 0.3) is 0 Å². The van der Waals surface area contributed by atoms with Crippen molar-refractivity contribution in [2.45, 2.75) is 148 Å². The van der Waals surface area contributed by atoms with Gasteiger partial charge in [-0.15, -0.1) is 0 Å². The van der Waals surface area contributed by atoms with E-state index in [0.717, 1.165) is 219 Å². The third kappa shape index (κ3) is 43.9. The number of piperazine rings is 6. The number of methoxy groups -OCH3 is 1. The number of nitrogens with two attached hydrogens (primary N) is 1. The molecule has 0 radical (unpaired) electrons. The fourth-order valence-corrected chi connectivity index (χ4v) is 15.8. The summed E-state index contributed by atoms with van der Waals surface area (Å²) in [6.07, 6.45) is 22.3. The Morgan fingerprint density at radius 3 is 1.37 bits per heavy atom. The maximum Gasteiger partial charge on any atom is 0.410 e. The highest BCUT2D eigenvalue weighted by Crippen LogP contribution is 2.28. The van der Waals surface area contributed by atoms with Gasteiger partial charge in [0, 0.05) is 213 Å². The molecule has 0 aliphatic carbocycles. The molecule has 2 aromatic heterocycles. The number of hydrogen-bond acceptors (Lipinski definition) is 25. The summed E-state index contributed by atoms with van der Waals surface area (Å²) in [5, 5.41) is 30.0. The van der Waals surface area contributed by atoms with E-state index in [1.165, 1.54) is 160 Å². The number of para-hydroxylation sites is 3. The number of nitrogens with zero attached hydrogens (tertiary/aromatic N) is 12. The number of unbranched alkanes of at least 4 members (excludes halogenated alkanes) is 1. The number of carbonyl (C=O) groups is 1. The van der Waals surface area contributed by atoms with Gasteiger partial charge in [-0.3, -0.25) is 14.8 Å². The van der Waals surface area contributed by atoms with E-state index in [9.17, 15) is 4.79 Å². The molecule has 13 heterocycles. The smallest absolute Gasteiger partial charge is 0.410 e. The van der Waals surface area contributed by atoms with Gasteiger partial charge in [0.15, 0.2) is 0 Å². The first kappa shape index (κ1) is 100. The highest BCUT2D eigenvalue weighted by Gasteiger charge is 2.31. The van der Waals surface area contributed by atoms with E-state index in [4.69, 9.17) is 15.2 Å². The van der Waals surface area contributed by atoms with Gasteiger partial charge in [0.05, 0.1) is 12.8 Å². The first-order valence-corrected chi connectivity index (χ1v) is 44.7. The summed E-state index contributed by atoms with van der Waals surface area (Å²) in [4.78, 5) is 44.1. The van der Waals surface area contributed by atoms with Crippen molar-refractivity contribution in [1.29, 1.82) is 0 Å². The van der Waals surface area contributed by atoms with Crippen molar-refractivity contribution in [3.8, 4) is 5.75 Å². The maximum atomic E-state index is 12.0. The van der Waals surface area contributed by atoms with E-state index in [1.807, 2.05) is 68.5 Å². The summed E-state index contributed by atoms with van der Waals surface area (Å²) in [7, 11) is 10.3. The van der Waals surface area contributed by atoms with Crippen LogP contribution in [0.15, 0.2) is 104 Å². The number of anilines is 3. The number of rotatable bonds is 14. The number of likely N-dealkylation sites (N-methyl/N-ethyl adjacent to an activating group) is 1. The lowest BCUT2D eigenvalue weighted by Gasteiger charge is -2.40. The molecule has 0 spiro atoms. The second-order valence-corrected chi connectivity index (χ2v) is 32.9. The van der Waals surface area contributed by atoms with Crippen LogP contribution >= 0.6 is 0 Å². The minimum atomic E-state index is -0.396. The summed E-state index contributed by atoms with van der Waals surface area (Å²) < 4.78 is 10.8. The molecular formula is C89H167N23O3. The lowest BCUT2D eigenvalue weighted by Crippen LogP contribution is -2.53. The van der Waals surface area contributed by atoms with Crippen molar-refractivity contribution in [2.75, 3.05) is 299 Å². The monoisotopic (exact) mass is 1610 g/mol. The molecular weight excluding hydrogens is 1440 g/mol. The number of hydrogen-bond donors (Lipinski definition) is 11. The first-order chi connectivity index (χ1) is 55.7. The Labute approximate surface area is 699 Å². The Kier molecular flexibility index (Phi) is 54.5. The number of ether oxygens (including phenoxy) is 2. The Balaban J connectivity index is 0.000000231. The normalized spacial score (nSPS) is 20.6. The number of carbonyl (C=O) groups excluding carboxylic acids is 1. The second kappa shape index (κ2) is 62.6. The summed E-state index contributed by atoms with van der Waals surface area (Å²) in [5.41, 5.74) is 8.90. The van der Waals surface area contributed by atoms with Crippen LogP contribution in [0.3, 0.4) is 0 Å². The third-order valence-electron chi connectivity index (χ3n) is 22.6. The lowest BCUT2D eigenvalue weighted by molar-refractivity contribution is 0.0135. The van der Waals surface area contributed by atoms with Crippen molar-refractivity contribution in [2.24, 2.45) is 5.73 Å². The van der Waals surface area contributed by atoms with Crippen LogP contribution in [0.2, 0.25) is 0 Å². The molecule has 11 aliphatic rings. The quantitative estimate of drug-likeness (QED) is 0.0552. The standard InChI is InChI=1S/C14H27N3O2.C11H16N2O.C10H21N3.C10H14N2.C10H20N2.C10H14N2.C9H13N3.C6H16N2.C5H12N2.C4H11N.H3N/c1-14(2,3)19-13(18)17-8-4-12(5-9-17)16-10-6-15-7-11-16;1-14-11-5-3-2-4-10(11)13-8-6-12-7-9-13;1-12-6-2-10(3-7-12)13-8-4-11-5-9-13;1-5-11-6-2-9(1)10-3-7-12-8-4-10;1-2-8-12(9-3-1)10-4-6-11-7-5-10;1-2-4-10(5-3-1)12-8-6-11-7-9-12;1-2-4-11-9(3-1)12-7-5-10-6-8-12;1-8(2)6-4-3-5-7;1-7-4-2-6-3-5-7;1-3-5-4-2;/h12,15H,4-11H2,1-3H3;2-5,12H,6-9H2,1H3;10-11H,2-9H2,1H3;1-2,5-6,10,12H,3-4,7-8H2;10-11H,1-9H2;1-5,11H,6-9H2;1-4,10H,5-8H2;3-7H2,1-2H3;6H,2-5H2,1H3;5H,3-4H2,1-2H3;1H3. The SMILES string of the molecule is C1CCN(C2CCNCC2)CC1.CC(C)(C)OC(=O)N1CCC(N2CCNCC2)CC1.CCNCC.CN(C)CCCCN.CN1CCC(N2CCNCC2)CC1.CN1CCNCC1.COc1ccccc1N1CCNCC1.N.c1cc(C2CCNCC2)ccn1.c1ccc(N2CCNCC2)cc1.c1ccc(N2CCNCC2)nc1. The number of piperidine rings is 5. The summed E-state index contributed by atoms with van der Waals surface area (Å²) >= 11 is 0. The van der Waals surface area contributed by atoms with E-state index in [1.54, 1.807) is 7.11 Å². The van der Waals surface area contributed by atoms with Gasteiger partial charge < -0.3 is 108 Å². The van der Waals surface area contributed by atoms with Gasteiger partial charge >= 0.3 is 6.09 Å². The molecule has 0 unspecified atom stereocenters. The van der Waals surface area contributed by atoms with Gasteiger partial charge in [0.2, 0.25) is 0 Å². The Bertz CT molecular complexity index is 2720. The molecule has 11 fully saturated rings. The molecule has 0 saturated carbocycles. The number of amides is 1. The molecule has 14 N–H and O–H groups in total. The van der Waals surface area contributed by atoms with E-state index in [2.05, 4.69) is 205 Å². The largest absolute Gasteiger partial charge is 0.495 e. The Morgan fingerprint density at radius 1 is 0.478 bits per heavy atom. The van der Waals surface area contributed by atoms with Gasteiger partial charge in [-0.1, -0.05) is 56.7 Å². The summed E-state index contributed by atoms with van der Waals surface area (Å²) in [6.45, 7) is 52.9. The average molecular weight is 1610 g/mol. The Hall–Kier alpha value is -5.47. The first-order valence-electron chi connectivity index (χ1n) is 44.7. The van der Waals surface area contributed by atoms with Gasteiger partial charge in [-0.05, 0) is 265 Å². The molecule has 11 saturated heterocycles. The number of benzene rings is 2. The fourth-order valence-electron chi connectivity index (χ4n) is 15.8. The van der Waals surface area contributed by atoms with E-state index >= 15 is 0 Å². The van der Waals surface area contributed by atoms with Gasteiger partial charge in [-0.25, -0.2) is 9.78 Å². The summed E-state index contributed by atoms with van der Waals surface area (Å²) in [6, 6.07) is 31.5. The predicted octanol–water partition coefficient (Wildman–Crippen LogP) is 7.33. The average Bonchev–Trinajstić information content (AvgIpc) is 0.852. The number of pyridine rings is 2. The zero-order valence-electron chi connectivity index (χ0n) is 74.1. The number of aromatic nitrogens is 2. The molecule has 4 aromatic rings. The minimum absolute atomic E-state index is 0. The molecule has 115 heavy (non-hydrogen) atoms. The van der Waals surface area contributed by atoms with Crippen molar-refractivity contribution in [3.05, 3.63) is 109 Å². The van der Waals surface area contributed by atoms with E-state index in [0.29, 0.717) is 6.04 Å². The number of likely N-dealkylation sites (tertiary alicyclic amines) is 3. The van der Waals surface area contributed by atoms with E-state index in [-0.39, 0.29) is 12.2 Å². The molecule has 15 rings (SSSR count). The topological polar surface area (TPSA) is 263 Å². The van der Waals surface area contributed by atoms with Crippen molar-refractivity contribution in [3.63, 3.8) is 0 Å². The van der Waals surface area contributed by atoms with E-state index < -0.39 is 5.60 Å². The molecule has 26 nitrogen and oxygen atoms in total. The van der Waals surface area contributed by atoms with Crippen LogP contribution in [0.25, 0.3) is 0 Å². The summed E-state index contributed by atoms with van der Waals surface area (Å²) in [5.74, 6) is 2.82. The van der Waals surface area contributed by atoms with Crippen LogP contribution in [0.1, 0.15) is 130 Å². The third-order valence-corrected chi connectivity index (χ3v) is 22.6. The minimum Gasteiger partial charge on any atom is -0.495 e. The maximum absolute atomic E-state index is 12.0. The second-order valence-electron chi connectivity index (χ2n) is 32.9.